The van der Waals surface area contributed by atoms with Crippen LogP contribution in [-0.2, 0) is 22.1 Å². The molecule has 8 nitrogen and oxygen atoms in total. The molecule has 12 heteroatoms. The van der Waals surface area contributed by atoms with Crippen LogP contribution in [-0.4, -0.2) is 38.1 Å². The SMILES string of the molecule is CCOC(=O)Cc1csc(NC(=O)c2cc3nc(C)cc(C(F)(F)F)n3n2)n1. The Kier molecular flexibility index (Phi) is 5.31. The fraction of sp³-hybridized carbons (Fsp3) is 0.312. The van der Waals surface area contributed by atoms with E-state index in [4.69, 9.17) is 4.74 Å². The summed E-state index contributed by atoms with van der Waals surface area (Å²) in [5.41, 5.74) is -0.814. The second kappa shape index (κ2) is 7.54. The molecule has 0 radical (unpaired) electrons. The van der Waals surface area contributed by atoms with E-state index in [1.807, 2.05) is 0 Å². The summed E-state index contributed by atoms with van der Waals surface area (Å²) in [4.78, 5) is 31.8. The molecule has 3 aromatic heterocycles. The first kappa shape index (κ1) is 19.7. The van der Waals surface area contributed by atoms with Crippen LogP contribution in [0.2, 0.25) is 0 Å². The summed E-state index contributed by atoms with van der Waals surface area (Å²) >= 11 is 1.07. The van der Waals surface area contributed by atoms with E-state index >= 15 is 0 Å². The van der Waals surface area contributed by atoms with Crippen molar-refractivity contribution in [2.45, 2.75) is 26.4 Å². The lowest BCUT2D eigenvalue weighted by atomic mass is 10.3. The van der Waals surface area contributed by atoms with Gasteiger partial charge in [0.2, 0.25) is 0 Å². The van der Waals surface area contributed by atoms with Gasteiger partial charge in [0.25, 0.3) is 5.91 Å². The topological polar surface area (TPSA) is 98.5 Å². The van der Waals surface area contributed by atoms with Crippen LogP contribution in [0.1, 0.15) is 34.5 Å². The maximum Gasteiger partial charge on any atom is 0.433 e. The molecule has 0 saturated carbocycles. The van der Waals surface area contributed by atoms with E-state index < -0.39 is 23.7 Å². The molecule has 28 heavy (non-hydrogen) atoms. The summed E-state index contributed by atoms with van der Waals surface area (Å²) < 4.78 is 44.9. The van der Waals surface area contributed by atoms with Crippen molar-refractivity contribution in [2.75, 3.05) is 11.9 Å². The molecule has 148 valence electrons. The number of aromatic nitrogens is 4. The molecule has 0 spiro atoms. The molecule has 3 aromatic rings. The number of fused-ring (bicyclic) bond motifs is 1. The Balaban J connectivity index is 1.81. The predicted molar refractivity (Wildman–Crippen MR) is 93.1 cm³/mol. The molecule has 1 amide bonds. The number of anilines is 1. The van der Waals surface area contributed by atoms with Gasteiger partial charge in [0, 0.05) is 17.1 Å². The van der Waals surface area contributed by atoms with Gasteiger partial charge in [0.15, 0.2) is 16.5 Å². The highest BCUT2D eigenvalue weighted by atomic mass is 32.1. The van der Waals surface area contributed by atoms with Crippen LogP contribution in [0.4, 0.5) is 18.3 Å². The van der Waals surface area contributed by atoms with Crippen LogP contribution >= 0.6 is 11.3 Å². The van der Waals surface area contributed by atoms with Gasteiger partial charge < -0.3 is 4.74 Å². The lowest BCUT2D eigenvalue weighted by molar-refractivity contribution is -0.143. The van der Waals surface area contributed by atoms with Crippen molar-refractivity contribution >= 4 is 34.0 Å². The number of thiazole rings is 1. The summed E-state index contributed by atoms with van der Waals surface area (Å²) in [7, 11) is 0. The van der Waals surface area contributed by atoms with Gasteiger partial charge in [-0.1, -0.05) is 0 Å². The van der Waals surface area contributed by atoms with Crippen LogP contribution in [0.5, 0.6) is 0 Å². The summed E-state index contributed by atoms with van der Waals surface area (Å²) in [5.74, 6) is -1.19. The van der Waals surface area contributed by atoms with Crippen LogP contribution in [0.3, 0.4) is 0 Å². The zero-order valence-corrected chi connectivity index (χ0v) is 15.5. The number of ether oxygens (including phenoxy) is 1. The van der Waals surface area contributed by atoms with E-state index in [0.717, 1.165) is 23.5 Å². The number of nitrogens with one attached hydrogen (secondary N) is 1. The molecule has 0 bridgehead atoms. The number of aryl methyl sites for hydroxylation is 1. The van der Waals surface area contributed by atoms with E-state index in [1.54, 1.807) is 12.3 Å². The predicted octanol–water partition coefficient (Wildman–Crippen LogP) is 2.87. The number of alkyl halides is 3. The first-order valence-electron chi connectivity index (χ1n) is 8.03. The highest BCUT2D eigenvalue weighted by molar-refractivity contribution is 7.14. The van der Waals surface area contributed by atoms with Gasteiger partial charge in [0.05, 0.1) is 18.7 Å². The Bertz CT molecular complexity index is 1040. The van der Waals surface area contributed by atoms with Crippen molar-refractivity contribution in [2.24, 2.45) is 0 Å². The minimum absolute atomic E-state index is 0.0489. The molecule has 0 aliphatic rings. The molecule has 0 saturated heterocycles. The standard InChI is InChI=1S/C16H14F3N5O3S/c1-3-27-13(25)5-9-7-28-15(21-9)22-14(26)10-6-12-20-8(2)4-11(16(17,18)19)24(12)23-10/h4,6-7H,3,5H2,1-2H3,(H,21,22,26). The second-order valence-corrected chi connectivity index (χ2v) is 6.52. The summed E-state index contributed by atoms with van der Waals surface area (Å²) in [6.07, 6.45) is -4.70. The fourth-order valence-corrected chi connectivity index (χ4v) is 3.08. The Morgan fingerprint density at radius 1 is 1.29 bits per heavy atom. The summed E-state index contributed by atoms with van der Waals surface area (Å²) in [6.45, 7) is 3.34. The van der Waals surface area contributed by atoms with Crippen molar-refractivity contribution in [3.05, 3.63) is 40.3 Å². The molecule has 0 atom stereocenters. The number of halogens is 3. The van der Waals surface area contributed by atoms with Gasteiger partial charge in [-0.3, -0.25) is 14.9 Å². The molecule has 1 N–H and O–H groups in total. The average molecular weight is 413 g/mol. The minimum atomic E-state index is -4.65. The number of rotatable bonds is 5. The number of esters is 1. The largest absolute Gasteiger partial charge is 0.466 e. The maximum absolute atomic E-state index is 13.2. The smallest absolute Gasteiger partial charge is 0.433 e. The highest BCUT2D eigenvalue weighted by Gasteiger charge is 2.35. The van der Waals surface area contributed by atoms with Crippen molar-refractivity contribution in [1.82, 2.24) is 19.6 Å². The van der Waals surface area contributed by atoms with Gasteiger partial charge >= 0.3 is 12.1 Å². The van der Waals surface area contributed by atoms with Gasteiger partial charge in [-0.15, -0.1) is 11.3 Å². The van der Waals surface area contributed by atoms with Gasteiger partial charge in [-0.2, -0.15) is 18.3 Å². The average Bonchev–Trinajstić information content (AvgIpc) is 3.20. The molecule has 0 fully saturated rings. The molecule has 0 unspecified atom stereocenters. The third-order valence-corrected chi connectivity index (χ3v) is 4.29. The third-order valence-electron chi connectivity index (χ3n) is 3.48. The highest BCUT2D eigenvalue weighted by Crippen LogP contribution is 2.30. The van der Waals surface area contributed by atoms with Crippen molar-refractivity contribution in [1.29, 1.82) is 0 Å². The third kappa shape index (κ3) is 4.27. The number of hydrogen-bond acceptors (Lipinski definition) is 7. The number of nitrogens with zero attached hydrogens (tertiary/aromatic N) is 4. The lowest BCUT2D eigenvalue weighted by Crippen LogP contribution is -2.16. The number of amides is 1. The summed E-state index contributed by atoms with van der Waals surface area (Å²) in [6, 6.07) is 2.01. The lowest BCUT2D eigenvalue weighted by Gasteiger charge is -2.08. The van der Waals surface area contributed by atoms with Crippen LogP contribution in [0, 0.1) is 6.92 Å². The molecular weight excluding hydrogens is 399 g/mol. The van der Waals surface area contributed by atoms with Gasteiger partial charge in [0.1, 0.15) is 5.69 Å². The summed E-state index contributed by atoms with van der Waals surface area (Å²) in [5, 5.41) is 7.92. The van der Waals surface area contributed by atoms with Gasteiger partial charge in [-0.25, -0.2) is 14.5 Å². The number of hydrogen-bond donors (Lipinski definition) is 1. The second-order valence-electron chi connectivity index (χ2n) is 5.66. The van der Waals surface area contributed by atoms with Crippen LogP contribution in [0.25, 0.3) is 5.65 Å². The molecule has 0 aromatic carbocycles. The molecule has 0 aliphatic heterocycles. The van der Waals surface area contributed by atoms with Gasteiger partial charge in [-0.05, 0) is 19.9 Å². The maximum atomic E-state index is 13.2. The Morgan fingerprint density at radius 3 is 2.71 bits per heavy atom. The minimum Gasteiger partial charge on any atom is -0.466 e. The molecule has 0 aliphatic carbocycles. The molecular formula is C16H14F3N5O3S. The van der Waals surface area contributed by atoms with Crippen LogP contribution < -0.4 is 5.32 Å². The first-order valence-corrected chi connectivity index (χ1v) is 8.91. The van der Waals surface area contributed by atoms with E-state index in [1.165, 1.54) is 6.92 Å². The van der Waals surface area contributed by atoms with E-state index in [0.29, 0.717) is 10.2 Å². The van der Waals surface area contributed by atoms with Crippen molar-refractivity contribution in [3.8, 4) is 0 Å². The van der Waals surface area contributed by atoms with Crippen molar-refractivity contribution in [3.63, 3.8) is 0 Å². The zero-order valence-electron chi connectivity index (χ0n) is 14.7. The van der Waals surface area contributed by atoms with Crippen molar-refractivity contribution < 1.29 is 27.5 Å². The van der Waals surface area contributed by atoms with Crippen LogP contribution in [0.15, 0.2) is 17.5 Å². The molecule has 3 heterocycles. The Morgan fingerprint density at radius 2 is 2.04 bits per heavy atom. The van der Waals surface area contributed by atoms with E-state index in [2.05, 4.69) is 20.4 Å². The zero-order chi connectivity index (χ0) is 20.5. The van der Waals surface area contributed by atoms with E-state index in [-0.39, 0.29) is 35.2 Å². The monoisotopic (exact) mass is 413 g/mol. The van der Waals surface area contributed by atoms with E-state index in [9.17, 15) is 22.8 Å². The first-order chi connectivity index (χ1) is 13.2. The number of carbonyl (C=O) groups excluding carboxylic acids is 2. The normalized spacial score (nSPS) is 11.6. The molecule has 3 rings (SSSR count). The number of carbonyl (C=O) groups is 2. The quantitative estimate of drug-likeness (QED) is 0.646. The fourth-order valence-electron chi connectivity index (χ4n) is 2.38. The Labute approximate surface area is 160 Å². The Hall–Kier alpha value is -3.02.